The average molecular weight is 547 g/mol. The van der Waals surface area contributed by atoms with Crippen molar-refractivity contribution in [3.8, 4) is 5.75 Å². The lowest BCUT2D eigenvalue weighted by Crippen LogP contribution is -2.38. The Balaban J connectivity index is 1.89. The molecule has 0 bridgehead atoms. The quantitative estimate of drug-likeness (QED) is 0.172. The minimum atomic E-state index is -0.892. The molecule has 0 atom stereocenters. The maximum Gasteiger partial charge on any atom is 0.329 e. The van der Waals surface area contributed by atoms with Crippen molar-refractivity contribution in [2.45, 2.75) is 40.2 Å². The van der Waals surface area contributed by atoms with E-state index in [0.717, 1.165) is 21.3 Å². The Kier molecular flexibility index (Phi) is 11.4. The predicted molar refractivity (Wildman–Crippen MR) is 139 cm³/mol. The summed E-state index contributed by atoms with van der Waals surface area (Å²) >= 11 is 3.37. The number of hydrazone groups is 1. The number of halogens is 1. The van der Waals surface area contributed by atoms with Gasteiger partial charge in [0.15, 0.2) is 6.61 Å². The molecule has 2 aromatic carbocycles. The lowest BCUT2D eigenvalue weighted by Gasteiger charge is -2.13. The Labute approximate surface area is 213 Å². The normalized spacial score (nSPS) is 10.9. The zero-order chi connectivity index (χ0) is 25.8. The Hall–Kier alpha value is -3.24. The molecule has 0 aliphatic rings. The first-order chi connectivity index (χ1) is 16.7. The molecule has 3 amide bonds. The Morgan fingerprint density at radius 1 is 1.09 bits per heavy atom. The number of benzene rings is 2. The van der Waals surface area contributed by atoms with E-state index in [2.05, 4.69) is 37.1 Å². The number of anilines is 1. The van der Waals surface area contributed by atoms with Crippen LogP contribution in [0.5, 0.6) is 5.75 Å². The summed E-state index contributed by atoms with van der Waals surface area (Å²) in [5.74, 6) is -1.61. The van der Waals surface area contributed by atoms with Gasteiger partial charge in [0.05, 0.1) is 12.3 Å². The lowest BCUT2D eigenvalue weighted by molar-refractivity contribution is -0.139. The highest BCUT2D eigenvalue weighted by molar-refractivity contribution is 9.10. The van der Waals surface area contributed by atoms with Gasteiger partial charge in [0.25, 0.3) is 5.91 Å². The molecular formula is C25H31BrN4O5. The topological polar surface area (TPSA) is 118 Å². The van der Waals surface area contributed by atoms with Crippen LogP contribution >= 0.6 is 15.9 Å². The van der Waals surface area contributed by atoms with Crippen molar-refractivity contribution in [3.05, 3.63) is 57.6 Å². The van der Waals surface area contributed by atoms with Gasteiger partial charge >= 0.3 is 11.8 Å². The fourth-order valence-corrected chi connectivity index (χ4v) is 3.35. The summed E-state index contributed by atoms with van der Waals surface area (Å²) < 4.78 is 11.8. The molecular weight excluding hydrogens is 516 g/mol. The molecule has 0 aliphatic heterocycles. The number of rotatable bonds is 11. The number of para-hydroxylation sites is 1. The first kappa shape index (κ1) is 28.0. The van der Waals surface area contributed by atoms with Crippen molar-refractivity contribution in [2.75, 3.05) is 25.1 Å². The highest BCUT2D eigenvalue weighted by Crippen LogP contribution is 2.22. The molecule has 2 rings (SSSR count). The molecule has 0 spiro atoms. The number of aryl methyl sites for hydroxylation is 2. The molecule has 2 aromatic rings. The zero-order valence-electron chi connectivity index (χ0n) is 20.3. The van der Waals surface area contributed by atoms with Crippen LogP contribution in [0.25, 0.3) is 0 Å². The van der Waals surface area contributed by atoms with Crippen LogP contribution in [-0.2, 0) is 19.1 Å². The summed E-state index contributed by atoms with van der Waals surface area (Å²) in [5.41, 5.74) is 5.36. The number of amides is 3. The predicted octanol–water partition coefficient (Wildman–Crippen LogP) is 3.46. The van der Waals surface area contributed by atoms with Crippen molar-refractivity contribution < 1.29 is 23.9 Å². The molecule has 0 aliphatic carbocycles. The number of hydrogen-bond acceptors (Lipinski definition) is 6. The van der Waals surface area contributed by atoms with E-state index in [1.54, 1.807) is 18.2 Å². The fourth-order valence-electron chi connectivity index (χ4n) is 2.97. The molecule has 0 fully saturated rings. The third-order valence-electron chi connectivity index (χ3n) is 4.71. The van der Waals surface area contributed by atoms with Gasteiger partial charge in [0.1, 0.15) is 5.75 Å². The Morgan fingerprint density at radius 2 is 1.80 bits per heavy atom. The van der Waals surface area contributed by atoms with Gasteiger partial charge in [-0.2, -0.15) is 5.10 Å². The van der Waals surface area contributed by atoms with E-state index in [1.165, 1.54) is 6.21 Å². The van der Waals surface area contributed by atoms with Crippen LogP contribution in [-0.4, -0.2) is 49.8 Å². The van der Waals surface area contributed by atoms with Crippen molar-refractivity contribution in [3.63, 3.8) is 0 Å². The second-order valence-corrected chi connectivity index (χ2v) is 8.93. The molecule has 0 saturated carbocycles. The third kappa shape index (κ3) is 9.87. The van der Waals surface area contributed by atoms with Crippen LogP contribution in [0.4, 0.5) is 5.69 Å². The van der Waals surface area contributed by atoms with Crippen molar-refractivity contribution in [2.24, 2.45) is 5.10 Å². The number of carbonyl (C=O) groups is 3. The molecule has 188 valence electrons. The minimum Gasteiger partial charge on any atom is -0.483 e. The van der Waals surface area contributed by atoms with Crippen LogP contribution in [0, 0.1) is 13.8 Å². The number of nitrogens with zero attached hydrogens (tertiary/aromatic N) is 1. The second kappa shape index (κ2) is 14.2. The molecule has 0 saturated heterocycles. The lowest BCUT2D eigenvalue weighted by atomic mass is 10.1. The number of carbonyl (C=O) groups excluding carboxylic acids is 3. The number of ether oxygens (including phenoxy) is 2. The van der Waals surface area contributed by atoms with Gasteiger partial charge < -0.3 is 20.1 Å². The second-order valence-electron chi connectivity index (χ2n) is 8.01. The van der Waals surface area contributed by atoms with Crippen LogP contribution < -0.4 is 20.8 Å². The third-order valence-corrected chi connectivity index (χ3v) is 5.20. The summed E-state index contributed by atoms with van der Waals surface area (Å²) in [6.07, 6.45) is 2.04. The van der Waals surface area contributed by atoms with E-state index in [-0.39, 0.29) is 18.6 Å². The fraction of sp³-hybridized carbons (Fsp3) is 0.360. The van der Waals surface area contributed by atoms with E-state index >= 15 is 0 Å². The zero-order valence-corrected chi connectivity index (χ0v) is 21.9. The number of hydrogen-bond donors (Lipinski definition) is 3. The highest BCUT2D eigenvalue weighted by Gasteiger charge is 2.13. The Bertz CT molecular complexity index is 1050. The Morgan fingerprint density at radius 3 is 2.49 bits per heavy atom. The van der Waals surface area contributed by atoms with E-state index in [0.29, 0.717) is 30.9 Å². The van der Waals surface area contributed by atoms with Crippen molar-refractivity contribution in [1.82, 2.24) is 10.7 Å². The van der Waals surface area contributed by atoms with Gasteiger partial charge in [0, 0.05) is 28.9 Å². The molecule has 9 nitrogen and oxygen atoms in total. The van der Waals surface area contributed by atoms with Gasteiger partial charge in [0.2, 0.25) is 0 Å². The van der Waals surface area contributed by atoms with E-state index in [1.807, 2.05) is 45.9 Å². The molecule has 0 unspecified atom stereocenters. The summed E-state index contributed by atoms with van der Waals surface area (Å²) in [5, 5.41) is 9.21. The highest BCUT2D eigenvalue weighted by atomic mass is 79.9. The average Bonchev–Trinajstić information content (AvgIpc) is 2.80. The first-order valence-electron chi connectivity index (χ1n) is 11.2. The summed E-state index contributed by atoms with van der Waals surface area (Å²) in [6.45, 7) is 8.28. The van der Waals surface area contributed by atoms with E-state index < -0.39 is 11.8 Å². The minimum absolute atomic E-state index is 0.113. The molecule has 0 aromatic heterocycles. The van der Waals surface area contributed by atoms with E-state index in [9.17, 15) is 14.4 Å². The molecule has 0 radical (unpaired) electrons. The van der Waals surface area contributed by atoms with Gasteiger partial charge in [-0.3, -0.25) is 14.4 Å². The van der Waals surface area contributed by atoms with Gasteiger partial charge in [-0.15, -0.1) is 0 Å². The van der Waals surface area contributed by atoms with E-state index in [4.69, 9.17) is 9.47 Å². The van der Waals surface area contributed by atoms with Crippen LogP contribution in [0.2, 0.25) is 0 Å². The molecule has 0 heterocycles. The summed E-state index contributed by atoms with van der Waals surface area (Å²) in [6, 6.07) is 10.9. The van der Waals surface area contributed by atoms with Gasteiger partial charge in [-0.05, 0) is 63.4 Å². The maximum atomic E-state index is 12.4. The van der Waals surface area contributed by atoms with Gasteiger partial charge in [-0.25, -0.2) is 5.43 Å². The first-order valence-corrected chi connectivity index (χ1v) is 12.0. The monoisotopic (exact) mass is 546 g/mol. The molecule has 35 heavy (non-hydrogen) atoms. The SMILES string of the molecule is Cc1cccc(C)c1NC(=O)COc1ccc(Br)cc1/C=N\NC(=O)C(=O)NCCCOC(C)C. The van der Waals surface area contributed by atoms with Gasteiger partial charge in [-0.1, -0.05) is 34.1 Å². The van der Waals surface area contributed by atoms with Crippen LogP contribution in [0.3, 0.4) is 0 Å². The van der Waals surface area contributed by atoms with Crippen LogP contribution in [0.15, 0.2) is 46.0 Å². The summed E-state index contributed by atoms with van der Waals surface area (Å²) in [4.78, 5) is 36.2. The van der Waals surface area contributed by atoms with Crippen LogP contribution in [0.1, 0.15) is 37.0 Å². The van der Waals surface area contributed by atoms with Crippen molar-refractivity contribution >= 4 is 45.6 Å². The number of nitrogens with one attached hydrogen (secondary N) is 3. The maximum absolute atomic E-state index is 12.4. The van der Waals surface area contributed by atoms with Crippen molar-refractivity contribution in [1.29, 1.82) is 0 Å². The molecule has 10 heteroatoms. The summed E-state index contributed by atoms with van der Waals surface area (Å²) in [7, 11) is 0. The largest absolute Gasteiger partial charge is 0.483 e. The smallest absolute Gasteiger partial charge is 0.329 e. The standard InChI is InChI=1S/C25H31BrN4O5/c1-16(2)34-12-6-11-27-24(32)25(33)30-28-14-19-13-20(26)9-10-21(19)35-15-22(31)29-23-17(3)7-5-8-18(23)4/h5,7-10,13-14,16H,6,11-12,15H2,1-4H3,(H,27,32)(H,29,31)(H,30,33)/b28-14-. The molecule has 3 N–H and O–H groups in total.